The first-order valence-electron chi connectivity index (χ1n) is 4.77. The Morgan fingerprint density at radius 2 is 2.12 bits per heavy atom. The Morgan fingerprint density at radius 1 is 1.31 bits per heavy atom. The third-order valence-corrected chi connectivity index (χ3v) is 2.44. The van der Waals surface area contributed by atoms with Gasteiger partial charge in [0, 0.05) is 0 Å². The van der Waals surface area contributed by atoms with E-state index in [1.807, 2.05) is 24.3 Å². The Morgan fingerprint density at radius 3 is 2.88 bits per heavy atom. The first-order chi connectivity index (χ1) is 7.83. The van der Waals surface area contributed by atoms with Crippen LogP contribution in [0.1, 0.15) is 11.9 Å². The zero-order valence-electron chi connectivity index (χ0n) is 8.17. The minimum absolute atomic E-state index is 0.164. The highest BCUT2D eigenvalue weighted by Gasteiger charge is 2.24. The predicted molar refractivity (Wildman–Crippen MR) is 57.0 cm³/mol. The summed E-state index contributed by atoms with van der Waals surface area (Å²) in [7, 11) is 0. The van der Waals surface area contributed by atoms with Crippen LogP contribution < -0.4 is 9.47 Å². The number of hydrogen-bond donors (Lipinski definition) is 1. The summed E-state index contributed by atoms with van der Waals surface area (Å²) in [4.78, 5) is 4.16. The van der Waals surface area contributed by atoms with E-state index in [0.717, 1.165) is 5.75 Å². The smallest absolute Gasteiger partial charge is 0.314 e. The molecular weight excluding hydrogens is 228 g/mol. The lowest BCUT2D eigenvalue weighted by Gasteiger charge is -2.24. The molecule has 5 nitrogen and oxygen atoms in total. The summed E-state index contributed by atoms with van der Waals surface area (Å²) in [5.41, 5.74) is 0. The van der Waals surface area contributed by atoms with E-state index in [1.165, 1.54) is 0 Å². The van der Waals surface area contributed by atoms with Gasteiger partial charge >= 0.3 is 4.84 Å². The van der Waals surface area contributed by atoms with Crippen LogP contribution in [-0.2, 0) is 0 Å². The molecule has 3 rings (SSSR count). The third kappa shape index (κ3) is 1.57. The predicted octanol–water partition coefficient (Wildman–Crippen LogP) is 2.24. The average molecular weight is 236 g/mol. The number of benzene rings is 1. The Labute approximate surface area is 96.0 Å². The number of nitrogens with one attached hydrogen (secondary N) is 1. The van der Waals surface area contributed by atoms with Gasteiger partial charge < -0.3 is 14.0 Å². The van der Waals surface area contributed by atoms with Crippen LogP contribution in [0, 0.1) is 4.84 Å². The van der Waals surface area contributed by atoms with Crippen LogP contribution in [0.15, 0.2) is 28.8 Å². The summed E-state index contributed by atoms with van der Waals surface area (Å²) < 4.78 is 16.1. The maximum absolute atomic E-state index is 5.71. The SMILES string of the molecule is S=c1nc(C2COc3ccccc3O2)[nH]o1. The van der Waals surface area contributed by atoms with Crippen molar-refractivity contribution in [2.24, 2.45) is 0 Å². The number of aromatic nitrogens is 2. The number of H-pyrrole nitrogens is 1. The molecule has 1 aliphatic rings. The number of aromatic amines is 1. The van der Waals surface area contributed by atoms with Crippen molar-refractivity contribution in [2.45, 2.75) is 6.10 Å². The quantitative estimate of drug-likeness (QED) is 0.769. The van der Waals surface area contributed by atoms with E-state index in [-0.39, 0.29) is 10.9 Å². The minimum atomic E-state index is -0.310. The highest BCUT2D eigenvalue weighted by Crippen LogP contribution is 2.34. The van der Waals surface area contributed by atoms with Crippen molar-refractivity contribution in [3.8, 4) is 11.5 Å². The summed E-state index contributed by atoms with van der Waals surface area (Å²) in [6.07, 6.45) is -0.310. The molecule has 6 heteroatoms. The zero-order valence-corrected chi connectivity index (χ0v) is 8.99. The fraction of sp³-hybridized carbons (Fsp3) is 0.200. The van der Waals surface area contributed by atoms with E-state index < -0.39 is 0 Å². The molecule has 1 aliphatic heterocycles. The Bertz CT molecular complexity index is 563. The molecule has 16 heavy (non-hydrogen) atoms. The van der Waals surface area contributed by atoms with Gasteiger partial charge in [0.2, 0.25) is 0 Å². The maximum Gasteiger partial charge on any atom is 0.314 e. The molecular formula is C10H8N2O3S. The van der Waals surface area contributed by atoms with E-state index in [2.05, 4.69) is 10.1 Å². The van der Waals surface area contributed by atoms with Crippen molar-refractivity contribution >= 4 is 12.2 Å². The van der Waals surface area contributed by atoms with Gasteiger partial charge in [-0.25, -0.2) is 5.16 Å². The van der Waals surface area contributed by atoms with Gasteiger partial charge in [-0.15, -0.1) is 0 Å². The molecule has 0 saturated heterocycles. The first kappa shape index (κ1) is 9.41. The van der Waals surface area contributed by atoms with Crippen molar-refractivity contribution in [1.29, 1.82) is 0 Å². The van der Waals surface area contributed by atoms with Crippen LogP contribution >= 0.6 is 12.2 Å². The average Bonchev–Trinajstić information content (AvgIpc) is 2.75. The molecule has 2 aromatic rings. The second kappa shape index (κ2) is 3.64. The normalized spacial score (nSPS) is 18.4. The molecule has 0 amide bonds. The number of nitrogens with zero attached hydrogens (tertiary/aromatic N) is 1. The van der Waals surface area contributed by atoms with E-state index in [0.29, 0.717) is 18.2 Å². The lowest BCUT2D eigenvalue weighted by Crippen LogP contribution is -2.22. The van der Waals surface area contributed by atoms with Crippen molar-refractivity contribution < 1.29 is 14.0 Å². The highest BCUT2D eigenvalue weighted by atomic mass is 32.1. The Kier molecular flexibility index (Phi) is 2.14. The molecule has 1 aromatic heterocycles. The number of fused-ring (bicyclic) bond motifs is 1. The van der Waals surface area contributed by atoms with Gasteiger partial charge in [-0.05, 0) is 24.4 Å². The summed E-state index contributed by atoms with van der Waals surface area (Å²) in [5, 5.41) is 2.61. The van der Waals surface area contributed by atoms with Crippen molar-refractivity contribution in [3.63, 3.8) is 0 Å². The van der Waals surface area contributed by atoms with Crippen LogP contribution in [-0.4, -0.2) is 16.7 Å². The van der Waals surface area contributed by atoms with E-state index in [4.69, 9.17) is 26.2 Å². The first-order valence-corrected chi connectivity index (χ1v) is 5.17. The number of rotatable bonds is 1. The minimum Gasteiger partial charge on any atom is -0.485 e. The monoisotopic (exact) mass is 236 g/mol. The van der Waals surface area contributed by atoms with Crippen molar-refractivity contribution in [1.82, 2.24) is 10.1 Å². The molecule has 0 bridgehead atoms. The number of para-hydroxylation sites is 2. The van der Waals surface area contributed by atoms with Crippen LogP contribution in [0.5, 0.6) is 11.5 Å². The summed E-state index contributed by atoms with van der Waals surface area (Å²) in [6, 6.07) is 7.48. The van der Waals surface area contributed by atoms with Crippen LogP contribution in [0.3, 0.4) is 0 Å². The highest BCUT2D eigenvalue weighted by molar-refractivity contribution is 7.71. The van der Waals surface area contributed by atoms with Gasteiger partial charge in [-0.3, -0.25) is 0 Å². The lowest BCUT2D eigenvalue weighted by molar-refractivity contribution is 0.0832. The van der Waals surface area contributed by atoms with Gasteiger partial charge in [-0.2, -0.15) is 4.98 Å². The van der Waals surface area contributed by atoms with Crippen molar-refractivity contribution in [3.05, 3.63) is 34.9 Å². The molecule has 1 aromatic carbocycles. The van der Waals surface area contributed by atoms with Crippen LogP contribution in [0.4, 0.5) is 0 Å². The van der Waals surface area contributed by atoms with Crippen molar-refractivity contribution in [2.75, 3.05) is 6.61 Å². The molecule has 0 spiro atoms. The fourth-order valence-electron chi connectivity index (χ4n) is 1.53. The molecule has 2 heterocycles. The zero-order chi connectivity index (χ0) is 11.0. The van der Waals surface area contributed by atoms with Crippen LogP contribution in [0.25, 0.3) is 0 Å². The molecule has 0 fully saturated rings. The van der Waals surface area contributed by atoms with E-state index in [1.54, 1.807) is 0 Å². The second-order valence-electron chi connectivity index (χ2n) is 3.33. The standard InChI is InChI=1S/C10H8N2O3S/c16-10-11-9(12-15-10)8-5-13-6-3-1-2-4-7(6)14-8/h1-4,8H,5H2,(H,11,12,16). The van der Waals surface area contributed by atoms with Gasteiger partial charge in [0.1, 0.15) is 6.61 Å². The van der Waals surface area contributed by atoms with E-state index >= 15 is 0 Å². The third-order valence-electron chi connectivity index (χ3n) is 2.27. The van der Waals surface area contributed by atoms with Crippen LogP contribution in [0.2, 0.25) is 0 Å². The molecule has 1 N–H and O–H groups in total. The molecule has 1 atom stereocenters. The summed E-state index contributed by atoms with van der Waals surface area (Å²) in [6.45, 7) is 0.384. The maximum atomic E-state index is 5.71. The fourth-order valence-corrected chi connectivity index (χ4v) is 1.67. The number of hydrogen-bond acceptors (Lipinski definition) is 5. The number of ether oxygens (including phenoxy) is 2. The largest absolute Gasteiger partial charge is 0.485 e. The molecule has 0 radical (unpaired) electrons. The Hall–Kier alpha value is -1.82. The van der Waals surface area contributed by atoms with Gasteiger partial charge in [0.15, 0.2) is 23.4 Å². The lowest BCUT2D eigenvalue weighted by atomic mass is 10.2. The summed E-state index contributed by atoms with van der Waals surface area (Å²) in [5.74, 6) is 1.97. The van der Waals surface area contributed by atoms with Gasteiger partial charge in [0.25, 0.3) is 0 Å². The van der Waals surface area contributed by atoms with Gasteiger partial charge in [0.05, 0.1) is 0 Å². The molecule has 0 aliphatic carbocycles. The summed E-state index contributed by atoms with van der Waals surface area (Å²) >= 11 is 4.77. The molecule has 82 valence electrons. The second-order valence-corrected chi connectivity index (χ2v) is 3.68. The van der Waals surface area contributed by atoms with E-state index in [9.17, 15) is 0 Å². The van der Waals surface area contributed by atoms with Gasteiger partial charge in [-0.1, -0.05) is 12.1 Å². The Balaban J connectivity index is 1.90. The molecule has 0 saturated carbocycles. The molecule has 1 unspecified atom stereocenters. The topological polar surface area (TPSA) is 60.3 Å².